The van der Waals surface area contributed by atoms with E-state index in [1.54, 1.807) is 11.1 Å². The second kappa shape index (κ2) is 7.29. The summed E-state index contributed by atoms with van der Waals surface area (Å²) in [4.78, 5) is 26.1. The van der Waals surface area contributed by atoms with Crippen LogP contribution in [-0.4, -0.2) is 41.7 Å². The zero-order valence-electron chi connectivity index (χ0n) is 13.2. The molecule has 1 aliphatic rings. The van der Waals surface area contributed by atoms with Crippen LogP contribution in [-0.2, 0) is 11.2 Å². The summed E-state index contributed by atoms with van der Waals surface area (Å²) < 4.78 is 29.1. The van der Waals surface area contributed by atoms with Crippen molar-refractivity contribution in [2.24, 2.45) is 0 Å². The number of hydrogen-bond donors (Lipinski definition) is 2. The lowest BCUT2D eigenvalue weighted by molar-refractivity contribution is -0.117. The smallest absolute Gasteiger partial charge is 0.387 e. The van der Waals surface area contributed by atoms with Gasteiger partial charge in [0.25, 0.3) is 5.91 Å². The molecule has 1 aromatic carbocycles. The lowest BCUT2D eigenvalue weighted by Gasteiger charge is -2.26. The fraction of sp³-hybridized carbons (Fsp3) is 0.312. The summed E-state index contributed by atoms with van der Waals surface area (Å²) in [6.07, 6.45) is 3.17. The van der Waals surface area contributed by atoms with Crippen molar-refractivity contribution in [3.63, 3.8) is 0 Å². The minimum atomic E-state index is -3.04. The standard InChI is InChI=1S/C16H16F2N4O3/c17-16(18)25-13-6-2-1-4-10(13)15(24)19-9-14(23)22-7-3-5-11-12(22)8-20-21-11/h1-2,4,6,8,16H,3,5,7,9H2,(H,19,24)(H,20,21). The molecule has 0 radical (unpaired) electrons. The van der Waals surface area contributed by atoms with Gasteiger partial charge in [0.05, 0.1) is 29.7 Å². The number of carbonyl (C=O) groups excluding carboxylic acids is 2. The van der Waals surface area contributed by atoms with Gasteiger partial charge >= 0.3 is 6.61 Å². The molecule has 2 aromatic rings. The van der Waals surface area contributed by atoms with Crippen molar-refractivity contribution in [1.82, 2.24) is 15.5 Å². The number of anilines is 1. The van der Waals surface area contributed by atoms with Crippen molar-refractivity contribution in [3.8, 4) is 5.75 Å². The van der Waals surface area contributed by atoms with Crippen molar-refractivity contribution in [1.29, 1.82) is 0 Å². The van der Waals surface area contributed by atoms with Gasteiger partial charge in [0.2, 0.25) is 5.91 Å². The molecule has 9 heteroatoms. The highest BCUT2D eigenvalue weighted by molar-refractivity contribution is 6.01. The van der Waals surface area contributed by atoms with Crippen LogP contribution in [0.5, 0.6) is 5.75 Å². The Hall–Kier alpha value is -2.97. The lowest BCUT2D eigenvalue weighted by Crippen LogP contribution is -2.42. The maximum absolute atomic E-state index is 12.4. The summed E-state index contributed by atoms with van der Waals surface area (Å²) in [6, 6.07) is 5.63. The fourth-order valence-corrected chi connectivity index (χ4v) is 2.72. The summed E-state index contributed by atoms with van der Waals surface area (Å²) in [6.45, 7) is -2.76. The molecule has 2 N–H and O–H groups in total. The number of aromatic nitrogens is 2. The van der Waals surface area contributed by atoms with Crippen LogP contribution < -0.4 is 15.0 Å². The molecule has 1 aromatic heterocycles. The lowest BCUT2D eigenvalue weighted by atomic mass is 10.1. The molecule has 1 aliphatic heterocycles. The number of halogens is 2. The number of aryl methyl sites for hydroxylation is 1. The minimum Gasteiger partial charge on any atom is -0.434 e. The average Bonchev–Trinajstić information content (AvgIpc) is 3.08. The largest absolute Gasteiger partial charge is 0.434 e. The van der Waals surface area contributed by atoms with Gasteiger partial charge in [-0.2, -0.15) is 13.9 Å². The number of aromatic amines is 1. The molecule has 0 aliphatic carbocycles. The zero-order chi connectivity index (χ0) is 17.8. The number of nitrogens with zero attached hydrogens (tertiary/aromatic N) is 2. The number of carbonyl (C=O) groups is 2. The van der Waals surface area contributed by atoms with Crippen LogP contribution >= 0.6 is 0 Å². The van der Waals surface area contributed by atoms with Gasteiger partial charge in [0.1, 0.15) is 5.75 Å². The molecule has 7 nitrogen and oxygen atoms in total. The Kier molecular flexibility index (Phi) is 4.92. The van der Waals surface area contributed by atoms with Gasteiger partial charge in [-0.25, -0.2) is 0 Å². The molecule has 3 rings (SSSR count). The van der Waals surface area contributed by atoms with Crippen molar-refractivity contribution in [2.45, 2.75) is 19.5 Å². The van der Waals surface area contributed by atoms with Crippen LogP contribution in [0.3, 0.4) is 0 Å². The van der Waals surface area contributed by atoms with E-state index in [9.17, 15) is 18.4 Å². The highest BCUT2D eigenvalue weighted by atomic mass is 19.3. The minimum absolute atomic E-state index is 0.0572. The van der Waals surface area contributed by atoms with E-state index >= 15 is 0 Å². The summed E-state index contributed by atoms with van der Waals surface area (Å²) >= 11 is 0. The first kappa shape index (κ1) is 16.9. The maximum Gasteiger partial charge on any atom is 0.387 e. The summed E-state index contributed by atoms with van der Waals surface area (Å²) in [5.41, 5.74) is 1.52. The molecular weight excluding hydrogens is 334 g/mol. The van der Waals surface area contributed by atoms with Crippen LogP contribution in [0.25, 0.3) is 0 Å². The van der Waals surface area contributed by atoms with Crippen molar-refractivity contribution >= 4 is 17.5 Å². The van der Waals surface area contributed by atoms with Gasteiger partial charge in [0.15, 0.2) is 0 Å². The molecule has 2 amide bonds. The third-order valence-corrected chi connectivity index (χ3v) is 3.84. The van der Waals surface area contributed by atoms with Gasteiger partial charge in [-0.1, -0.05) is 12.1 Å². The number of rotatable bonds is 5. The Balaban J connectivity index is 1.65. The van der Waals surface area contributed by atoms with Crippen LogP contribution in [0.15, 0.2) is 30.5 Å². The number of fused-ring (bicyclic) bond motifs is 1. The van der Waals surface area contributed by atoms with Crippen molar-refractivity contribution in [3.05, 3.63) is 41.7 Å². The van der Waals surface area contributed by atoms with Crippen LogP contribution in [0, 0.1) is 0 Å². The molecule has 25 heavy (non-hydrogen) atoms. The van der Waals surface area contributed by atoms with E-state index in [1.807, 2.05) is 0 Å². The number of ether oxygens (including phenoxy) is 1. The Labute approximate surface area is 142 Å². The molecular formula is C16H16F2N4O3. The topological polar surface area (TPSA) is 87.3 Å². The van der Waals surface area contributed by atoms with E-state index in [-0.39, 0.29) is 23.8 Å². The molecule has 0 unspecified atom stereocenters. The fourth-order valence-electron chi connectivity index (χ4n) is 2.72. The normalized spacial score (nSPS) is 13.5. The first-order valence-electron chi connectivity index (χ1n) is 7.71. The van der Waals surface area contributed by atoms with Gasteiger partial charge in [-0.05, 0) is 25.0 Å². The van der Waals surface area contributed by atoms with E-state index in [0.717, 1.165) is 18.5 Å². The first-order valence-corrected chi connectivity index (χ1v) is 7.71. The Morgan fingerprint density at radius 2 is 2.16 bits per heavy atom. The monoisotopic (exact) mass is 350 g/mol. The number of H-pyrrole nitrogens is 1. The second-order valence-corrected chi connectivity index (χ2v) is 5.44. The molecule has 0 spiro atoms. The number of benzene rings is 1. The average molecular weight is 350 g/mol. The van der Waals surface area contributed by atoms with Crippen LogP contribution in [0.4, 0.5) is 14.5 Å². The first-order chi connectivity index (χ1) is 12.1. The molecule has 0 fully saturated rings. The van der Waals surface area contributed by atoms with Crippen molar-refractivity contribution < 1.29 is 23.1 Å². The SMILES string of the molecule is O=C(NCC(=O)N1CCCc2[nH]ncc21)c1ccccc1OC(F)F. The third kappa shape index (κ3) is 3.76. The molecule has 0 atom stereocenters. The number of alkyl halides is 2. The Morgan fingerprint density at radius 3 is 2.96 bits per heavy atom. The van der Waals surface area contributed by atoms with Gasteiger partial charge in [-0.15, -0.1) is 0 Å². The molecule has 132 valence electrons. The van der Waals surface area contributed by atoms with E-state index < -0.39 is 12.5 Å². The number of para-hydroxylation sites is 1. The zero-order valence-corrected chi connectivity index (χ0v) is 13.2. The maximum atomic E-state index is 12.4. The van der Waals surface area contributed by atoms with Crippen molar-refractivity contribution in [2.75, 3.05) is 18.0 Å². The van der Waals surface area contributed by atoms with E-state index in [0.29, 0.717) is 12.2 Å². The predicted molar refractivity (Wildman–Crippen MR) is 84.7 cm³/mol. The summed E-state index contributed by atoms with van der Waals surface area (Å²) in [7, 11) is 0. The van der Waals surface area contributed by atoms with Crippen LogP contribution in [0.1, 0.15) is 22.5 Å². The highest BCUT2D eigenvalue weighted by Gasteiger charge is 2.24. The quantitative estimate of drug-likeness (QED) is 0.860. The highest BCUT2D eigenvalue weighted by Crippen LogP contribution is 2.24. The van der Waals surface area contributed by atoms with Crippen LogP contribution in [0.2, 0.25) is 0 Å². The van der Waals surface area contributed by atoms with E-state index in [1.165, 1.54) is 24.3 Å². The summed E-state index contributed by atoms with van der Waals surface area (Å²) in [5.74, 6) is -1.20. The Bertz CT molecular complexity index is 778. The summed E-state index contributed by atoms with van der Waals surface area (Å²) in [5, 5.41) is 9.21. The number of nitrogens with one attached hydrogen (secondary N) is 2. The van der Waals surface area contributed by atoms with E-state index in [2.05, 4.69) is 20.3 Å². The van der Waals surface area contributed by atoms with Gasteiger partial charge in [-0.3, -0.25) is 14.7 Å². The Morgan fingerprint density at radius 1 is 1.36 bits per heavy atom. The third-order valence-electron chi connectivity index (χ3n) is 3.84. The molecule has 0 bridgehead atoms. The predicted octanol–water partition coefficient (Wildman–Crippen LogP) is 1.72. The second-order valence-electron chi connectivity index (χ2n) is 5.44. The number of hydrogen-bond acceptors (Lipinski definition) is 4. The molecule has 0 saturated heterocycles. The molecule has 2 heterocycles. The molecule has 0 saturated carbocycles. The van der Waals surface area contributed by atoms with E-state index in [4.69, 9.17) is 0 Å². The van der Waals surface area contributed by atoms with Gasteiger partial charge in [0, 0.05) is 6.54 Å². The number of amides is 2. The van der Waals surface area contributed by atoms with Gasteiger partial charge < -0.3 is 15.0 Å².